The molecule has 3 aromatic rings. The maximum atomic E-state index is 13.2. The first-order valence-electron chi connectivity index (χ1n) is 10.6. The molecule has 3 rings (SSSR count). The molecule has 1 heterocycles. The summed E-state index contributed by atoms with van der Waals surface area (Å²) in [5, 5.41) is 0.643. The van der Waals surface area contributed by atoms with Crippen LogP contribution in [0.15, 0.2) is 76.7 Å². The average molecular weight is 437 g/mol. The Hall–Kier alpha value is -2.78. The van der Waals surface area contributed by atoms with E-state index in [1.54, 1.807) is 12.1 Å². The summed E-state index contributed by atoms with van der Waals surface area (Å²) in [6.45, 7) is 8.10. The Bertz CT molecular complexity index is 1030. The topological polar surface area (TPSA) is 39.4 Å². The lowest BCUT2D eigenvalue weighted by Gasteiger charge is -2.19. The number of halogens is 1. The van der Waals surface area contributed by atoms with Gasteiger partial charge in [-0.2, -0.15) is 0 Å². The summed E-state index contributed by atoms with van der Waals surface area (Å²) in [4.78, 5) is 13.2. The number of rotatable bonds is 8. The number of carbonyl (C=O) groups is 1. The Kier molecular flexibility index (Phi) is 7.75. The van der Waals surface area contributed by atoms with Crippen LogP contribution in [0.5, 0.6) is 5.75 Å². The summed E-state index contributed by atoms with van der Waals surface area (Å²) in [5.41, 5.74) is 3.21. The van der Waals surface area contributed by atoms with Crippen molar-refractivity contribution in [1.29, 1.82) is 0 Å². The number of benzene rings is 2. The Balaban J connectivity index is 1.87. The van der Waals surface area contributed by atoms with Gasteiger partial charge in [-0.15, -0.1) is 0 Å². The molecule has 0 N–H and O–H groups in total. The SMILES string of the molecule is CC(C)=CCc1oc(Cc2ccccc2)cc1OC(=O)C(c1ccc(Cl)cc1)C(C)C. The van der Waals surface area contributed by atoms with Crippen molar-refractivity contribution in [2.24, 2.45) is 5.92 Å². The zero-order valence-corrected chi connectivity index (χ0v) is 19.3. The first-order chi connectivity index (χ1) is 14.8. The molecule has 0 aliphatic carbocycles. The molecule has 0 aliphatic heterocycles. The van der Waals surface area contributed by atoms with E-state index < -0.39 is 0 Å². The van der Waals surface area contributed by atoms with Crippen molar-refractivity contribution in [2.75, 3.05) is 0 Å². The number of esters is 1. The van der Waals surface area contributed by atoms with Crippen LogP contribution in [0, 0.1) is 5.92 Å². The van der Waals surface area contributed by atoms with Crippen molar-refractivity contribution in [3.05, 3.63) is 100.0 Å². The molecule has 31 heavy (non-hydrogen) atoms. The van der Waals surface area contributed by atoms with Crippen molar-refractivity contribution in [2.45, 2.75) is 46.5 Å². The lowest BCUT2D eigenvalue weighted by atomic mass is 9.88. The van der Waals surface area contributed by atoms with E-state index in [1.165, 1.54) is 5.57 Å². The second-order valence-electron chi connectivity index (χ2n) is 8.34. The standard InChI is InChI=1S/C27H29ClO3/c1-18(2)10-15-24-25(17-23(30-24)16-20-8-6-5-7-9-20)31-27(29)26(19(3)4)21-11-13-22(28)14-12-21/h5-14,17,19,26H,15-16H2,1-4H3. The van der Waals surface area contributed by atoms with Crippen molar-refractivity contribution in [1.82, 2.24) is 0 Å². The highest BCUT2D eigenvalue weighted by Crippen LogP contribution is 2.31. The van der Waals surface area contributed by atoms with Gasteiger partial charge >= 0.3 is 5.97 Å². The molecule has 0 aliphatic rings. The van der Waals surface area contributed by atoms with Crippen molar-refractivity contribution < 1.29 is 13.9 Å². The van der Waals surface area contributed by atoms with Crippen LogP contribution in [0.3, 0.4) is 0 Å². The van der Waals surface area contributed by atoms with Crippen LogP contribution in [0.2, 0.25) is 5.02 Å². The number of hydrogen-bond acceptors (Lipinski definition) is 3. The molecule has 4 heteroatoms. The first-order valence-corrected chi connectivity index (χ1v) is 11.0. The minimum absolute atomic E-state index is 0.0746. The van der Waals surface area contributed by atoms with Crippen LogP contribution in [0.4, 0.5) is 0 Å². The molecule has 1 unspecified atom stereocenters. The molecule has 162 valence electrons. The van der Waals surface area contributed by atoms with Gasteiger partial charge in [-0.25, -0.2) is 0 Å². The van der Waals surface area contributed by atoms with E-state index in [0.29, 0.717) is 29.4 Å². The van der Waals surface area contributed by atoms with Gasteiger partial charge in [0.05, 0.1) is 5.92 Å². The highest BCUT2D eigenvalue weighted by atomic mass is 35.5. The van der Waals surface area contributed by atoms with Crippen molar-refractivity contribution in [3.63, 3.8) is 0 Å². The predicted molar refractivity (Wildman–Crippen MR) is 126 cm³/mol. The fourth-order valence-corrected chi connectivity index (χ4v) is 3.64. The van der Waals surface area contributed by atoms with Gasteiger partial charge in [-0.05, 0) is 43.0 Å². The number of furan rings is 1. The molecular formula is C27H29ClO3. The van der Waals surface area contributed by atoms with E-state index in [-0.39, 0.29) is 17.8 Å². The van der Waals surface area contributed by atoms with Gasteiger partial charge in [0.1, 0.15) is 5.76 Å². The fourth-order valence-electron chi connectivity index (χ4n) is 3.51. The van der Waals surface area contributed by atoms with Gasteiger partial charge in [0.2, 0.25) is 0 Å². The lowest BCUT2D eigenvalue weighted by molar-refractivity contribution is -0.137. The normalized spacial score (nSPS) is 11.9. The van der Waals surface area contributed by atoms with Crippen molar-refractivity contribution in [3.8, 4) is 5.75 Å². The number of hydrogen-bond donors (Lipinski definition) is 0. The highest BCUT2D eigenvalue weighted by Gasteiger charge is 2.28. The second-order valence-corrected chi connectivity index (χ2v) is 8.78. The molecule has 2 aromatic carbocycles. The summed E-state index contributed by atoms with van der Waals surface area (Å²) < 4.78 is 12.0. The maximum absolute atomic E-state index is 13.2. The quantitative estimate of drug-likeness (QED) is 0.273. The highest BCUT2D eigenvalue weighted by molar-refractivity contribution is 6.30. The monoisotopic (exact) mass is 436 g/mol. The number of ether oxygens (including phenoxy) is 1. The van der Waals surface area contributed by atoms with Crippen LogP contribution in [-0.2, 0) is 17.6 Å². The third kappa shape index (κ3) is 6.35. The van der Waals surface area contributed by atoms with Gasteiger partial charge in [0.25, 0.3) is 0 Å². The predicted octanol–water partition coefficient (Wildman–Crippen LogP) is 7.38. The Morgan fingerprint density at radius 2 is 1.74 bits per heavy atom. The van der Waals surface area contributed by atoms with Gasteiger partial charge in [0, 0.05) is 23.9 Å². The van der Waals surface area contributed by atoms with Crippen LogP contribution in [-0.4, -0.2) is 5.97 Å². The zero-order valence-electron chi connectivity index (χ0n) is 18.5. The Morgan fingerprint density at radius 3 is 2.35 bits per heavy atom. The van der Waals surface area contributed by atoms with Crippen LogP contribution >= 0.6 is 11.6 Å². The molecule has 0 radical (unpaired) electrons. The molecule has 0 bridgehead atoms. The molecule has 0 saturated carbocycles. The fraction of sp³-hybridized carbons (Fsp3) is 0.296. The van der Waals surface area contributed by atoms with E-state index in [9.17, 15) is 4.79 Å². The van der Waals surface area contributed by atoms with Gasteiger partial charge in [-0.3, -0.25) is 4.79 Å². The van der Waals surface area contributed by atoms with Crippen LogP contribution < -0.4 is 4.74 Å². The molecule has 0 saturated heterocycles. The second kappa shape index (κ2) is 10.5. The molecule has 3 nitrogen and oxygen atoms in total. The van der Waals surface area contributed by atoms with Crippen LogP contribution in [0.1, 0.15) is 56.3 Å². The summed E-state index contributed by atoms with van der Waals surface area (Å²) in [6, 6.07) is 19.3. The average Bonchev–Trinajstić information content (AvgIpc) is 3.09. The van der Waals surface area contributed by atoms with Gasteiger partial charge in [-0.1, -0.05) is 79.6 Å². The molecule has 1 aromatic heterocycles. The van der Waals surface area contributed by atoms with E-state index in [2.05, 4.69) is 18.2 Å². The van der Waals surface area contributed by atoms with Crippen molar-refractivity contribution >= 4 is 17.6 Å². The van der Waals surface area contributed by atoms with E-state index in [0.717, 1.165) is 16.9 Å². The van der Waals surface area contributed by atoms with E-state index in [1.807, 2.05) is 64.1 Å². The molecule has 0 fully saturated rings. The zero-order chi connectivity index (χ0) is 22.4. The minimum Gasteiger partial charge on any atom is -0.461 e. The molecular weight excluding hydrogens is 408 g/mol. The van der Waals surface area contributed by atoms with E-state index >= 15 is 0 Å². The number of allylic oxidation sites excluding steroid dienone is 2. The van der Waals surface area contributed by atoms with Gasteiger partial charge in [0.15, 0.2) is 11.5 Å². The molecule has 0 spiro atoms. The largest absolute Gasteiger partial charge is 0.461 e. The minimum atomic E-state index is -0.388. The third-order valence-electron chi connectivity index (χ3n) is 5.10. The molecule has 0 amide bonds. The van der Waals surface area contributed by atoms with Crippen LogP contribution in [0.25, 0.3) is 0 Å². The summed E-state index contributed by atoms with van der Waals surface area (Å²) in [6.07, 6.45) is 3.29. The Labute approximate surface area is 189 Å². The summed E-state index contributed by atoms with van der Waals surface area (Å²) in [5.74, 6) is 1.33. The van der Waals surface area contributed by atoms with E-state index in [4.69, 9.17) is 20.8 Å². The third-order valence-corrected chi connectivity index (χ3v) is 5.35. The summed E-state index contributed by atoms with van der Waals surface area (Å²) >= 11 is 6.02. The lowest BCUT2D eigenvalue weighted by Crippen LogP contribution is -2.23. The Morgan fingerprint density at radius 1 is 1.06 bits per heavy atom. The first kappa shape index (κ1) is 22.9. The van der Waals surface area contributed by atoms with Gasteiger partial charge < -0.3 is 9.15 Å². The maximum Gasteiger partial charge on any atom is 0.319 e. The smallest absolute Gasteiger partial charge is 0.319 e. The molecule has 1 atom stereocenters. The summed E-state index contributed by atoms with van der Waals surface area (Å²) in [7, 11) is 0. The number of carbonyl (C=O) groups excluding carboxylic acids is 1.